The van der Waals surface area contributed by atoms with Crippen molar-refractivity contribution >= 4 is 5.91 Å². The van der Waals surface area contributed by atoms with Crippen molar-refractivity contribution in [1.82, 2.24) is 15.3 Å². The van der Waals surface area contributed by atoms with Gasteiger partial charge >= 0.3 is 0 Å². The molecule has 1 aromatic rings. The lowest BCUT2D eigenvalue weighted by atomic mass is 9.96. The molecule has 1 amide bonds. The molecule has 2 aliphatic rings. The average Bonchev–Trinajstić information content (AvgIpc) is 3.08. The SMILES string of the molecule is COC(C(=O)NC1CCc2nc[nH]c2C1)C1CC1. The van der Waals surface area contributed by atoms with Crippen molar-refractivity contribution in [3.05, 3.63) is 17.7 Å². The minimum Gasteiger partial charge on any atom is -0.371 e. The van der Waals surface area contributed by atoms with Gasteiger partial charge in [0.2, 0.25) is 5.91 Å². The molecule has 1 fully saturated rings. The van der Waals surface area contributed by atoms with E-state index in [0.717, 1.165) is 43.5 Å². The lowest BCUT2D eigenvalue weighted by Crippen LogP contribution is -2.45. The quantitative estimate of drug-likeness (QED) is 0.829. The summed E-state index contributed by atoms with van der Waals surface area (Å²) >= 11 is 0. The highest BCUT2D eigenvalue weighted by atomic mass is 16.5. The summed E-state index contributed by atoms with van der Waals surface area (Å²) < 4.78 is 5.30. The van der Waals surface area contributed by atoms with Crippen molar-refractivity contribution in [2.24, 2.45) is 5.92 Å². The first kappa shape index (κ1) is 11.7. The Morgan fingerprint density at radius 2 is 2.39 bits per heavy atom. The Bertz CT molecular complexity index is 439. The molecule has 98 valence electrons. The molecule has 18 heavy (non-hydrogen) atoms. The first-order valence-corrected chi connectivity index (χ1v) is 6.62. The average molecular weight is 249 g/mol. The second-order valence-corrected chi connectivity index (χ2v) is 5.27. The number of H-pyrrole nitrogens is 1. The highest BCUT2D eigenvalue weighted by Gasteiger charge is 2.37. The highest BCUT2D eigenvalue weighted by Crippen LogP contribution is 2.34. The molecule has 1 saturated carbocycles. The smallest absolute Gasteiger partial charge is 0.249 e. The molecule has 1 aromatic heterocycles. The van der Waals surface area contributed by atoms with E-state index in [0.29, 0.717) is 5.92 Å². The molecule has 0 aliphatic heterocycles. The number of rotatable bonds is 4. The molecular weight excluding hydrogens is 230 g/mol. The molecule has 2 unspecified atom stereocenters. The first-order chi connectivity index (χ1) is 8.78. The maximum atomic E-state index is 12.1. The molecule has 1 heterocycles. The topological polar surface area (TPSA) is 67.0 Å². The van der Waals surface area contributed by atoms with E-state index in [2.05, 4.69) is 15.3 Å². The van der Waals surface area contributed by atoms with E-state index in [1.165, 1.54) is 0 Å². The monoisotopic (exact) mass is 249 g/mol. The molecular formula is C13H19N3O2. The minimum atomic E-state index is -0.256. The van der Waals surface area contributed by atoms with Crippen LogP contribution >= 0.6 is 0 Å². The lowest BCUT2D eigenvalue weighted by Gasteiger charge is -2.24. The number of imidazole rings is 1. The number of aromatic nitrogens is 2. The number of nitrogens with one attached hydrogen (secondary N) is 2. The zero-order chi connectivity index (χ0) is 12.5. The van der Waals surface area contributed by atoms with Gasteiger partial charge in [0, 0.05) is 25.3 Å². The second kappa shape index (κ2) is 4.72. The Morgan fingerprint density at radius 3 is 3.11 bits per heavy atom. The van der Waals surface area contributed by atoms with Crippen LogP contribution in [-0.2, 0) is 22.4 Å². The van der Waals surface area contributed by atoms with Gasteiger partial charge in [-0.3, -0.25) is 4.79 Å². The molecule has 5 heteroatoms. The fourth-order valence-corrected chi connectivity index (χ4v) is 2.72. The van der Waals surface area contributed by atoms with Crippen molar-refractivity contribution < 1.29 is 9.53 Å². The number of carbonyl (C=O) groups is 1. The van der Waals surface area contributed by atoms with Crippen LogP contribution in [0.3, 0.4) is 0 Å². The van der Waals surface area contributed by atoms with Gasteiger partial charge in [0.1, 0.15) is 6.10 Å². The number of methoxy groups -OCH3 is 1. The number of aromatic amines is 1. The number of hydrogen-bond acceptors (Lipinski definition) is 3. The van der Waals surface area contributed by atoms with Crippen molar-refractivity contribution in [1.29, 1.82) is 0 Å². The molecule has 3 rings (SSSR count). The Balaban J connectivity index is 1.58. The summed E-state index contributed by atoms with van der Waals surface area (Å²) in [5.74, 6) is 0.481. The third kappa shape index (κ3) is 2.27. The maximum Gasteiger partial charge on any atom is 0.249 e. The van der Waals surface area contributed by atoms with E-state index in [9.17, 15) is 4.79 Å². The number of carbonyl (C=O) groups excluding carboxylic acids is 1. The zero-order valence-corrected chi connectivity index (χ0v) is 10.6. The van der Waals surface area contributed by atoms with Crippen LogP contribution in [0.25, 0.3) is 0 Å². The van der Waals surface area contributed by atoms with Gasteiger partial charge in [-0.05, 0) is 31.6 Å². The molecule has 2 aliphatic carbocycles. The normalized spacial score (nSPS) is 24.4. The maximum absolute atomic E-state index is 12.1. The largest absolute Gasteiger partial charge is 0.371 e. The summed E-state index contributed by atoms with van der Waals surface area (Å²) in [7, 11) is 1.62. The fourth-order valence-electron chi connectivity index (χ4n) is 2.72. The van der Waals surface area contributed by atoms with Gasteiger partial charge in [0.05, 0.1) is 12.0 Å². The highest BCUT2D eigenvalue weighted by molar-refractivity contribution is 5.81. The summed E-state index contributed by atoms with van der Waals surface area (Å²) in [4.78, 5) is 19.5. The number of amides is 1. The predicted molar refractivity (Wildman–Crippen MR) is 66.1 cm³/mol. The van der Waals surface area contributed by atoms with Gasteiger partial charge in [-0.25, -0.2) is 4.98 Å². The predicted octanol–water partition coefficient (Wildman–Crippen LogP) is 0.808. The van der Waals surface area contributed by atoms with E-state index in [-0.39, 0.29) is 18.1 Å². The summed E-state index contributed by atoms with van der Waals surface area (Å²) in [6.07, 6.45) is 6.45. The van der Waals surface area contributed by atoms with E-state index in [1.807, 2.05) is 0 Å². The van der Waals surface area contributed by atoms with Crippen LogP contribution in [0.2, 0.25) is 0 Å². The number of nitrogens with zero attached hydrogens (tertiary/aromatic N) is 1. The van der Waals surface area contributed by atoms with Gasteiger partial charge in [-0.1, -0.05) is 0 Å². The van der Waals surface area contributed by atoms with Gasteiger partial charge in [0.15, 0.2) is 0 Å². The van der Waals surface area contributed by atoms with Gasteiger partial charge in [0.25, 0.3) is 0 Å². The van der Waals surface area contributed by atoms with Crippen LogP contribution in [-0.4, -0.2) is 35.1 Å². The third-order valence-corrected chi connectivity index (χ3v) is 3.90. The molecule has 5 nitrogen and oxygen atoms in total. The Kier molecular flexibility index (Phi) is 3.07. The molecule has 0 bridgehead atoms. The van der Waals surface area contributed by atoms with Crippen molar-refractivity contribution in [2.75, 3.05) is 7.11 Å². The Labute approximate surface area is 106 Å². The van der Waals surface area contributed by atoms with Crippen molar-refractivity contribution in [2.45, 2.75) is 44.2 Å². The molecule has 2 atom stereocenters. The van der Waals surface area contributed by atoms with Crippen LogP contribution in [0.5, 0.6) is 0 Å². The third-order valence-electron chi connectivity index (χ3n) is 3.90. The van der Waals surface area contributed by atoms with Crippen LogP contribution in [0.4, 0.5) is 0 Å². The summed E-state index contributed by atoms with van der Waals surface area (Å²) in [5, 5.41) is 3.11. The Hall–Kier alpha value is -1.36. The molecule has 0 spiro atoms. The molecule has 0 saturated heterocycles. The number of aryl methyl sites for hydroxylation is 1. The van der Waals surface area contributed by atoms with Crippen molar-refractivity contribution in [3.8, 4) is 0 Å². The van der Waals surface area contributed by atoms with Crippen LogP contribution in [0, 0.1) is 5.92 Å². The summed E-state index contributed by atoms with van der Waals surface area (Å²) in [5.41, 5.74) is 2.30. The second-order valence-electron chi connectivity index (χ2n) is 5.27. The lowest BCUT2D eigenvalue weighted by molar-refractivity contribution is -0.133. The number of ether oxygens (including phenoxy) is 1. The Morgan fingerprint density at radius 1 is 1.56 bits per heavy atom. The van der Waals surface area contributed by atoms with Crippen LogP contribution < -0.4 is 5.32 Å². The fraction of sp³-hybridized carbons (Fsp3) is 0.692. The number of fused-ring (bicyclic) bond motifs is 1. The molecule has 0 aromatic carbocycles. The molecule has 2 N–H and O–H groups in total. The van der Waals surface area contributed by atoms with E-state index < -0.39 is 0 Å². The zero-order valence-electron chi connectivity index (χ0n) is 10.6. The van der Waals surface area contributed by atoms with E-state index in [4.69, 9.17) is 4.74 Å². The van der Waals surface area contributed by atoms with Gasteiger partial charge in [-0.15, -0.1) is 0 Å². The summed E-state index contributed by atoms with van der Waals surface area (Å²) in [6, 6.07) is 0.210. The minimum absolute atomic E-state index is 0.0490. The summed E-state index contributed by atoms with van der Waals surface area (Å²) in [6.45, 7) is 0. The van der Waals surface area contributed by atoms with Crippen LogP contribution in [0.15, 0.2) is 6.33 Å². The molecule has 0 radical (unpaired) electrons. The number of hydrogen-bond donors (Lipinski definition) is 2. The van der Waals surface area contributed by atoms with E-state index >= 15 is 0 Å². The van der Waals surface area contributed by atoms with E-state index in [1.54, 1.807) is 13.4 Å². The standard InChI is InChI=1S/C13H19N3O2/c1-18-12(8-2-3-8)13(17)16-9-4-5-10-11(6-9)15-7-14-10/h7-9,12H,2-6H2,1H3,(H,14,15)(H,16,17). The van der Waals surface area contributed by atoms with Crippen LogP contribution in [0.1, 0.15) is 30.7 Å². The first-order valence-electron chi connectivity index (χ1n) is 6.62. The van der Waals surface area contributed by atoms with Crippen molar-refractivity contribution in [3.63, 3.8) is 0 Å². The van der Waals surface area contributed by atoms with Gasteiger partial charge < -0.3 is 15.0 Å². The van der Waals surface area contributed by atoms with Gasteiger partial charge in [-0.2, -0.15) is 0 Å².